The van der Waals surface area contributed by atoms with Gasteiger partial charge in [0.25, 0.3) is 0 Å². The van der Waals surface area contributed by atoms with Gasteiger partial charge in [0.1, 0.15) is 5.82 Å². The Labute approximate surface area is 175 Å². The van der Waals surface area contributed by atoms with Crippen molar-refractivity contribution < 1.29 is 0 Å². The Morgan fingerprint density at radius 2 is 2.00 bits per heavy atom. The first-order valence-corrected chi connectivity index (χ1v) is 10.6. The highest BCUT2D eigenvalue weighted by molar-refractivity contribution is 5.90. The molecule has 3 N–H and O–H groups in total. The predicted molar refractivity (Wildman–Crippen MR) is 117 cm³/mol. The number of anilines is 3. The van der Waals surface area contributed by atoms with Crippen LogP contribution < -0.4 is 10.6 Å². The number of nitrogens with one attached hydrogen (secondary N) is 3. The van der Waals surface area contributed by atoms with Gasteiger partial charge in [-0.05, 0) is 44.7 Å². The fourth-order valence-corrected chi connectivity index (χ4v) is 4.97. The summed E-state index contributed by atoms with van der Waals surface area (Å²) in [6.45, 7) is 2.86. The summed E-state index contributed by atoms with van der Waals surface area (Å²) in [6, 6.07) is 13.8. The molecule has 0 aliphatic carbocycles. The van der Waals surface area contributed by atoms with Crippen molar-refractivity contribution in [1.82, 2.24) is 25.1 Å². The standard InChI is InChI=1S/C22H26N8/c1-14-11-20(29-28-14)26-22-25-19-6-3-2-5-18(19)21(27-22)24-15-12-16-7-8-17(13-15)30(16)10-4-9-23/h2-3,5-6,11,15-17H,4,7-8,10,12-13H2,1H3,(H3,24,25,26,27,28,29)/t15?,16-,17?/m0/s1. The minimum absolute atomic E-state index is 0.375. The second kappa shape index (κ2) is 7.92. The maximum absolute atomic E-state index is 8.95. The van der Waals surface area contributed by atoms with E-state index in [2.05, 4.69) is 42.9 Å². The number of aryl methyl sites for hydroxylation is 1. The van der Waals surface area contributed by atoms with E-state index in [1.165, 1.54) is 12.8 Å². The molecule has 0 saturated carbocycles. The summed E-state index contributed by atoms with van der Waals surface area (Å²) >= 11 is 0. The van der Waals surface area contributed by atoms with Crippen LogP contribution in [0.5, 0.6) is 0 Å². The monoisotopic (exact) mass is 402 g/mol. The molecular weight excluding hydrogens is 376 g/mol. The molecule has 30 heavy (non-hydrogen) atoms. The molecule has 2 unspecified atom stereocenters. The maximum Gasteiger partial charge on any atom is 0.230 e. The van der Waals surface area contributed by atoms with E-state index < -0.39 is 0 Å². The minimum Gasteiger partial charge on any atom is -0.367 e. The Balaban J connectivity index is 1.38. The van der Waals surface area contributed by atoms with Crippen molar-refractivity contribution in [3.05, 3.63) is 36.0 Å². The number of aromatic amines is 1. The van der Waals surface area contributed by atoms with Gasteiger partial charge in [-0.1, -0.05) is 12.1 Å². The molecule has 2 aliphatic heterocycles. The van der Waals surface area contributed by atoms with Crippen LogP contribution in [-0.2, 0) is 0 Å². The molecule has 2 saturated heterocycles. The lowest BCUT2D eigenvalue weighted by atomic mass is 9.97. The first-order valence-electron chi connectivity index (χ1n) is 10.6. The van der Waals surface area contributed by atoms with E-state index in [1.807, 2.05) is 31.2 Å². The normalized spacial score (nSPS) is 23.4. The molecule has 2 aromatic heterocycles. The summed E-state index contributed by atoms with van der Waals surface area (Å²) in [5.74, 6) is 2.11. The van der Waals surface area contributed by atoms with Crippen LogP contribution in [-0.4, -0.2) is 49.7 Å². The summed E-state index contributed by atoms with van der Waals surface area (Å²) in [5.41, 5.74) is 1.88. The van der Waals surface area contributed by atoms with Crippen LogP contribution in [0.25, 0.3) is 10.9 Å². The molecule has 3 aromatic rings. The zero-order chi connectivity index (χ0) is 20.5. The molecule has 0 amide bonds. The molecule has 2 fully saturated rings. The molecule has 0 radical (unpaired) electrons. The molecule has 5 rings (SSSR count). The number of rotatable bonds is 6. The molecule has 8 nitrogen and oxygen atoms in total. The second-order valence-electron chi connectivity index (χ2n) is 8.32. The molecule has 8 heteroatoms. The van der Waals surface area contributed by atoms with Crippen LogP contribution in [0.2, 0.25) is 0 Å². The molecule has 3 atom stereocenters. The van der Waals surface area contributed by atoms with E-state index in [0.717, 1.165) is 41.8 Å². The van der Waals surface area contributed by atoms with E-state index in [1.54, 1.807) is 0 Å². The molecule has 2 bridgehead atoms. The van der Waals surface area contributed by atoms with Crippen molar-refractivity contribution in [2.75, 3.05) is 17.2 Å². The summed E-state index contributed by atoms with van der Waals surface area (Å²) in [5, 5.41) is 24.1. The third-order valence-corrected chi connectivity index (χ3v) is 6.26. The number of nitriles is 1. The molecular formula is C22H26N8. The Hall–Kier alpha value is -3.18. The third-order valence-electron chi connectivity index (χ3n) is 6.26. The molecule has 1 aromatic carbocycles. The number of benzene rings is 1. The SMILES string of the molecule is Cc1cc(Nc2nc(NC3CC4CC[C@@H](C3)N4CCC#N)c3ccccc3n2)n[nH]1. The number of piperidine rings is 1. The number of hydrogen-bond donors (Lipinski definition) is 3. The lowest BCUT2D eigenvalue weighted by molar-refractivity contribution is 0.136. The summed E-state index contributed by atoms with van der Waals surface area (Å²) in [7, 11) is 0. The van der Waals surface area contributed by atoms with Gasteiger partial charge in [0.15, 0.2) is 5.82 Å². The quantitative estimate of drug-likeness (QED) is 0.577. The highest BCUT2D eigenvalue weighted by Gasteiger charge is 2.40. The van der Waals surface area contributed by atoms with Gasteiger partial charge in [-0.25, -0.2) is 4.98 Å². The van der Waals surface area contributed by atoms with Crippen LogP contribution >= 0.6 is 0 Å². The van der Waals surface area contributed by atoms with Gasteiger partial charge >= 0.3 is 0 Å². The second-order valence-corrected chi connectivity index (χ2v) is 8.32. The number of hydrogen-bond acceptors (Lipinski definition) is 7. The van der Waals surface area contributed by atoms with Crippen LogP contribution in [0.1, 0.15) is 37.8 Å². The van der Waals surface area contributed by atoms with Gasteiger partial charge in [-0.15, -0.1) is 0 Å². The zero-order valence-corrected chi connectivity index (χ0v) is 17.1. The number of fused-ring (bicyclic) bond motifs is 3. The van der Waals surface area contributed by atoms with Gasteiger partial charge < -0.3 is 10.6 Å². The van der Waals surface area contributed by atoms with Crippen molar-refractivity contribution in [2.24, 2.45) is 0 Å². The summed E-state index contributed by atoms with van der Waals surface area (Å²) in [6.07, 6.45) is 5.24. The number of para-hydroxylation sites is 1. The fourth-order valence-electron chi connectivity index (χ4n) is 4.97. The molecule has 0 spiro atoms. The smallest absolute Gasteiger partial charge is 0.230 e. The van der Waals surface area contributed by atoms with Crippen LogP contribution in [0.3, 0.4) is 0 Å². The first-order chi connectivity index (χ1) is 14.7. The first kappa shape index (κ1) is 18.8. The lowest BCUT2D eigenvalue weighted by Crippen LogP contribution is -2.47. The van der Waals surface area contributed by atoms with E-state index in [0.29, 0.717) is 36.3 Å². The van der Waals surface area contributed by atoms with Crippen molar-refractivity contribution in [3.63, 3.8) is 0 Å². The number of nitrogens with zero attached hydrogens (tertiary/aromatic N) is 5. The average Bonchev–Trinajstić information content (AvgIpc) is 3.25. The van der Waals surface area contributed by atoms with E-state index in [-0.39, 0.29) is 0 Å². The highest BCUT2D eigenvalue weighted by Crippen LogP contribution is 2.37. The van der Waals surface area contributed by atoms with Gasteiger partial charge in [-0.2, -0.15) is 15.3 Å². The molecule has 154 valence electrons. The molecule has 4 heterocycles. The van der Waals surface area contributed by atoms with Crippen molar-refractivity contribution in [3.8, 4) is 6.07 Å². The van der Waals surface area contributed by atoms with Crippen LogP contribution in [0.15, 0.2) is 30.3 Å². The van der Waals surface area contributed by atoms with E-state index in [9.17, 15) is 0 Å². The topological polar surface area (TPSA) is 106 Å². The van der Waals surface area contributed by atoms with Gasteiger partial charge in [0.05, 0.1) is 11.6 Å². The van der Waals surface area contributed by atoms with Crippen LogP contribution in [0.4, 0.5) is 17.6 Å². The largest absolute Gasteiger partial charge is 0.367 e. The minimum atomic E-state index is 0.375. The third kappa shape index (κ3) is 3.68. The molecule has 2 aliphatic rings. The summed E-state index contributed by atoms with van der Waals surface area (Å²) < 4.78 is 0. The Kier molecular flexibility index (Phi) is 4.97. The Bertz CT molecular complexity index is 1070. The average molecular weight is 403 g/mol. The highest BCUT2D eigenvalue weighted by atomic mass is 15.3. The lowest BCUT2D eigenvalue weighted by Gasteiger charge is -2.39. The zero-order valence-electron chi connectivity index (χ0n) is 17.1. The summed E-state index contributed by atoms with van der Waals surface area (Å²) in [4.78, 5) is 12.0. The van der Waals surface area contributed by atoms with Crippen LogP contribution in [0, 0.1) is 18.3 Å². The Morgan fingerprint density at radius 3 is 2.73 bits per heavy atom. The fraction of sp³-hybridized carbons (Fsp3) is 0.455. The van der Waals surface area contributed by atoms with E-state index in [4.69, 9.17) is 10.2 Å². The van der Waals surface area contributed by atoms with E-state index >= 15 is 0 Å². The van der Waals surface area contributed by atoms with Crippen molar-refractivity contribution in [1.29, 1.82) is 5.26 Å². The van der Waals surface area contributed by atoms with Gasteiger partial charge in [0.2, 0.25) is 5.95 Å². The number of aromatic nitrogens is 4. The number of H-pyrrole nitrogens is 1. The van der Waals surface area contributed by atoms with Crippen molar-refractivity contribution in [2.45, 2.75) is 57.2 Å². The van der Waals surface area contributed by atoms with Gasteiger partial charge in [-0.3, -0.25) is 10.00 Å². The Morgan fingerprint density at radius 1 is 1.20 bits per heavy atom. The van der Waals surface area contributed by atoms with Gasteiger partial charge in [0, 0.05) is 48.2 Å². The maximum atomic E-state index is 8.95. The van der Waals surface area contributed by atoms with Crippen molar-refractivity contribution >= 4 is 28.5 Å². The predicted octanol–water partition coefficient (Wildman–Crippen LogP) is 3.73.